The Morgan fingerprint density at radius 1 is 1.43 bits per heavy atom. The number of likely N-dealkylation sites (N-methyl/N-ethyl adjacent to an activating group) is 2. The van der Waals surface area contributed by atoms with Crippen LogP contribution in [0, 0.1) is 17.0 Å². The molecule has 4 N–H and O–H groups in total. The number of carbonyl (C=O) groups excluding carboxylic acids is 1. The second-order valence-electron chi connectivity index (χ2n) is 4.17. The first kappa shape index (κ1) is 16.6. The van der Waals surface area contributed by atoms with Gasteiger partial charge in [0.15, 0.2) is 0 Å². The van der Waals surface area contributed by atoms with Gasteiger partial charge in [-0.05, 0) is 20.8 Å². The van der Waals surface area contributed by atoms with Crippen LogP contribution in [0.4, 0.5) is 17.5 Å². The summed E-state index contributed by atoms with van der Waals surface area (Å²) in [6.45, 7) is 5.88. The van der Waals surface area contributed by atoms with Crippen LogP contribution in [-0.2, 0) is 4.79 Å². The summed E-state index contributed by atoms with van der Waals surface area (Å²) in [7, 11) is 0. The zero-order valence-electron chi connectivity index (χ0n) is 12.2. The molecule has 1 heterocycles. The van der Waals surface area contributed by atoms with Crippen LogP contribution < -0.4 is 21.5 Å². The number of hydrogen-bond acceptors (Lipinski definition) is 8. The molecule has 0 saturated carbocycles. The topological polar surface area (TPSA) is 139 Å². The first-order valence-corrected chi connectivity index (χ1v) is 6.45. The fourth-order valence-corrected chi connectivity index (χ4v) is 1.81. The van der Waals surface area contributed by atoms with Crippen LogP contribution in [0.3, 0.4) is 0 Å². The highest BCUT2D eigenvalue weighted by Gasteiger charge is 2.26. The van der Waals surface area contributed by atoms with E-state index in [1.165, 1.54) is 11.8 Å². The minimum Gasteiger partial charge on any atom is -0.355 e. The Bertz CT molecular complexity index is 535. The molecule has 0 aromatic carbocycles. The summed E-state index contributed by atoms with van der Waals surface area (Å²) in [4.78, 5) is 31.8. The molecular weight excluding hydrogens is 278 g/mol. The molecule has 1 aromatic rings. The van der Waals surface area contributed by atoms with Gasteiger partial charge < -0.3 is 10.2 Å². The molecule has 116 valence electrons. The Kier molecular flexibility index (Phi) is 5.79. The van der Waals surface area contributed by atoms with Crippen LogP contribution >= 0.6 is 0 Å². The van der Waals surface area contributed by atoms with Crippen molar-refractivity contribution >= 4 is 23.4 Å². The Morgan fingerprint density at radius 3 is 2.57 bits per heavy atom. The number of hydrogen-bond donors (Lipinski definition) is 3. The van der Waals surface area contributed by atoms with Gasteiger partial charge in [-0.2, -0.15) is 4.98 Å². The quantitative estimate of drug-likeness (QED) is 0.361. The van der Waals surface area contributed by atoms with E-state index in [0.29, 0.717) is 13.1 Å². The van der Waals surface area contributed by atoms with Crippen LogP contribution in [-0.4, -0.2) is 40.4 Å². The van der Waals surface area contributed by atoms with Crippen LogP contribution in [0.15, 0.2) is 0 Å². The number of rotatable bonds is 7. The van der Waals surface area contributed by atoms with E-state index in [0.717, 1.165) is 0 Å². The van der Waals surface area contributed by atoms with E-state index in [1.54, 1.807) is 13.8 Å². The number of nitro groups is 1. The summed E-state index contributed by atoms with van der Waals surface area (Å²) in [5.41, 5.74) is 2.20. The van der Waals surface area contributed by atoms with Gasteiger partial charge in [-0.25, -0.2) is 10.8 Å². The van der Waals surface area contributed by atoms with E-state index in [1.807, 2.05) is 0 Å². The number of hydrazine groups is 1. The summed E-state index contributed by atoms with van der Waals surface area (Å²) in [5.74, 6) is 5.14. The van der Waals surface area contributed by atoms with Crippen molar-refractivity contribution in [3.8, 4) is 0 Å². The highest BCUT2D eigenvalue weighted by atomic mass is 16.6. The zero-order valence-corrected chi connectivity index (χ0v) is 12.2. The van der Waals surface area contributed by atoms with Crippen LogP contribution in [0.1, 0.15) is 19.5 Å². The Hall–Kier alpha value is -2.49. The fraction of sp³-hybridized carbons (Fsp3) is 0.545. The van der Waals surface area contributed by atoms with Gasteiger partial charge in [0.05, 0.1) is 11.5 Å². The number of aryl methyl sites for hydroxylation is 1. The zero-order chi connectivity index (χ0) is 16.0. The highest BCUT2D eigenvalue weighted by molar-refractivity contribution is 5.82. The summed E-state index contributed by atoms with van der Waals surface area (Å²) in [5, 5.41) is 13.9. The summed E-state index contributed by atoms with van der Waals surface area (Å²) in [6, 6.07) is 0. The number of carbonyl (C=O) groups is 1. The molecule has 1 aromatic heterocycles. The standard InChI is InChI=1S/C11H19N7O3/c1-4-13-8(19)6-17(5-2)10-9(18(20)21)7(3)14-11(15-10)16-12/h4-6,12H2,1-3H3,(H,13,19)(H,14,15,16). The first-order valence-electron chi connectivity index (χ1n) is 6.45. The van der Waals surface area contributed by atoms with Crippen LogP contribution in [0.5, 0.6) is 0 Å². The first-order chi connectivity index (χ1) is 9.94. The molecule has 0 radical (unpaired) electrons. The predicted octanol–water partition coefficient (Wildman–Crippen LogP) is -0.0588. The molecule has 0 aliphatic carbocycles. The van der Waals surface area contributed by atoms with E-state index in [-0.39, 0.29) is 35.6 Å². The average Bonchev–Trinajstić information content (AvgIpc) is 2.43. The van der Waals surface area contributed by atoms with Gasteiger partial charge in [-0.15, -0.1) is 0 Å². The second kappa shape index (κ2) is 7.33. The number of nitrogens with zero attached hydrogens (tertiary/aromatic N) is 4. The molecule has 10 nitrogen and oxygen atoms in total. The Morgan fingerprint density at radius 2 is 2.10 bits per heavy atom. The molecule has 0 unspecified atom stereocenters. The lowest BCUT2D eigenvalue weighted by Crippen LogP contribution is -2.38. The summed E-state index contributed by atoms with van der Waals surface area (Å²) >= 11 is 0. The number of amides is 1. The fourth-order valence-electron chi connectivity index (χ4n) is 1.81. The van der Waals surface area contributed by atoms with E-state index in [9.17, 15) is 14.9 Å². The van der Waals surface area contributed by atoms with Gasteiger partial charge in [0.1, 0.15) is 5.69 Å². The second-order valence-corrected chi connectivity index (χ2v) is 4.17. The SMILES string of the molecule is CCNC(=O)CN(CC)c1nc(NN)nc(C)c1[N+](=O)[O-]. The number of anilines is 2. The largest absolute Gasteiger partial charge is 0.355 e. The molecule has 0 bridgehead atoms. The van der Waals surface area contributed by atoms with Crippen molar-refractivity contribution in [2.45, 2.75) is 20.8 Å². The van der Waals surface area contributed by atoms with Gasteiger partial charge in [0, 0.05) is 13.1 Å². The number of nitrogens with two attached hydrogens (primary N) is 1. The van der Waals surface area contributed by atoms with Crippen molar-refractivity contribution in [3.63, 3.8) is 0 Å². The third-order valence-electron chi connectivity index (χ3n) is 2.74. The number of nitrogens with one attached hydrogen (secondary N) is 2. The number of aromatic nitrogens is 2. The molecule has 21 heavy (non-hydrogen) atoms. The highest BCUT2D eigenvalue weighted by Crippen LogP contribution is 2.29. The summed E-state index contributed by atoms with van der Waals surface area (Å²) in [6.07, 6.45) is 0. The minimum atomic E-state index is -0.564. The minimum absolute atomic E-state index is 0.0361. The van der Waals surface area contributed by atoms with Gasteiger partial charge in [0.25, 0.3) is 0 Å². The monoisotopic (exact) mass is 297 g/mol. The van der Waals surface area contributed by atoms with Crippen LogP contribution in [0.2, 0.25) is 0 Å². The lowest BCUT2D eigenvalue weighted by molar-refractivity contribution is -0.385. The van der Waals surface area contributed by atoms with E-state index in [2.05, 4.69) is 20.7 Å². The number of nitrogen functional groups attached to an aromatic ring is 1. The van der Waals surface area contributed by atoms with Gasteiger partial charge in [-0.3, -0.25) is 20.3 Å². The molecule has 0 aliphatic rings. The van der Waals surface area contributed by atoms with Crippen molar-refractivity contribution in [1.82, 2.24) is 15.3 Å². The maximum Gasteiger partial charge on any atom is 0.332 e. The molecule has 0 aliphatic heterocycles. The van der Waals surface area contributed by atoms with Crippen molar-refractivity contribution in [2.75, 3.05) is 30.0 Å². The maximum atomic E-state index is 11.7. The third-order valence-corrected chi connectivity index (χ3v) is 2.74. The Balaban J connectivity index is 3.25. The van der Waals surface area contributed by atoms with Crippen LogP contribution in [0.25, 0.3) is 0 Å². The van der Waals surface area contributed by atoms with Gasteiger partial charge >= 0.3 is 5.69 Å². The molecular formula is C11H19N7O3. The molecule has 1 amide bonds. The van der Waals surface area contributed by atoms with Crippen molar-refractivity contribution in [3.05, 3.63) is 15.8 Å². The lowest BCUT2D eigenvalue weighted by Gasteiger charge is -2.21. The molecule has 0 atom stereocenters. The van der Waals surface area contributed by atoms with Crippen molar-refractivity contribution < 1.29 is 9.72 Å². The van der Waals surface area contributed by atoms with Crippen molar-refractivity contribution in [2.24, 2.45) is 5.84 Å². The normalized spacial score (nSPS) is 10.1. The van der Waals surface area contributed by atoms with Gasteiger partial charge in [0.2, 0.25) is 17.7 Å². The van der Waals surface area contributed by atoms with E-state index >= 15 is 0 Å². The van der Waals surface area contributed by atoms with Crippen molar-refractivity contribution in [1.29, 1.82) is 0 Å². The average molecular weight is 297 g/mol. The molecule has 10 heteroatoms. The molecule has 0 fully saturated rings. The molecule has 1 rings (SSSR count). The van der Waals surface area contributed by atoms with E-state index in [4.69, 9.17) is 5.84 Å². The third kappa shape index (κ3) is 3.99. The molecule has 0 spiro atoms. The predicted molar refractivity (Wildman–Crippen MR) is 77.8 cm³/mol. The maximum absolute atomic E-state index is 11.7. The lowest BCUT2D eigenvalue weighted by atomic mass is 10.3. The summed E-state index contributed by atoms with van der Waals surface area (Å²) < 4.78 is 0. The van der Waals surface area contributed by atoms with Gasteiger partial charge in [-0.1, -0.05) is 0 Å². The Labute approximate surface area is 121 Å². The van der Waals surface area contributed by atoms with E-state index < -0.39 is 4.92 Å². The molecule has 0 saturated heterocycles. The smallest absolute Gasteiger partial charge is 0.332 e.